The van der Waals surface area contributed by atoms with Crippen LogP contribution in [0.4, 0.5) is 17.6 Å². The van der Waals surface area contributed by atoms with E-state index in [1.54, 1.807) is 118 Å². The Kier molecular flexibility index (Phi) is 19.4. The third kappa shape index (κ3) is 15.4. The van der Waals surface area contributed by atoms with E-state index in [0.717, 1.165) is 83.2 Å². The molecule has 2 N–H and O–H groups in total. The van der Waals surface area contributed by atoms with Crippen LogP contribution in [0.25, 0.3) is 109 Å². The average Bonchev–Trinajstić information content (AvgIpc) is 1.71. The zero-order chi connectivity index (χ0) is 73.5. The van der Waals surface area contributed by atoms with Gasteiger partial charge in [0.2, 0.25) is 0 Å². The number of benzene rings is 8. The Labute approximate surface area is 628 Å². The van der Waals surface area contributed by atoms with Crippen LogP contribution in [0.1, 0.15) is 41.8 Å². The number of nitrogens with zero attached hydrogens (tertiary/aromatic N) is 8. The molecule has 20 rings (SSSR count). The molecule has 0 aliphatic rings. The van der Waals surface area contributed by atoms with Crippen LogP contribution < -0.4 is 22.5 Å². The summed E-state index contributed by atoms with van der Waals surface area (Å²) in [7, 11) is 0. The van der Waals surface area contributed by atoms with E-state index < -0.39 is 22.5 Å². The molecule has 0 aliphatic heterocycles. The minimum atomic E-state index is -0.397. The molecule has 0 atom stereocenters. The Morgan fingerprint density at radius 3 is 0.679 bits per heavy atom. The van der Waals surface area contributed by atoms with Gasteiger partial charge in [0.25, 0.3) is 0 Å². The monoisotopic (exact) mass is 1520 g/mol. The summed E-state index contributed by atoms with van der Waals surface area (Å²) in [6, 6.07) is 62.9. The summed E-state index contributed by atoms with van der Waals surface area (Å²) < 4.78 is 81.4. The highest BCUT2D eigenvalue weighted by Gasteiger charge is 2.19. The summed E-state index contributed by atoms with van der Waals surface area (Å²) in [5.41, 5.74) is 8.98. The summed E-state index contributed by atoms with van der Waals surface area (Å²) in [6.45, 7) is 0. The smallest absolute Gasteiger partial charge is 0.345 e. The molecular weight excluding hydrogens is 1470 g/mol. The van der Waals surface area contributed by atoms with Crippen LogP contribution in [-0.2, 0) is 25.7 Å². The maximum absolute atomic E-state index is 13.0. The molecule has 0 amide bonds. The number of rotatable bonds is 12. The van der Waals surface area contributed by atoms with Crippen molar-refractivity contribution in [2.75, 3.05) is 0 Å². The Bertz CT molecular complexity index is 6040. The van der Waals surface area contributed by atoms with Crippen molar-refractivity contribution >= 4 is 109 Å². The average molecular weight is 1520 g/mol. The summed E-state index contributed by atoms with van der Waals surface area (Å²) in [6.07, 6.45) is 18.1. The second-order valence-corrected chi connectivity index (χ2v) is 29.6. The van der Waals surface area contributed by atoms with Crippen molar-refractivity contribution in [2.45, 2.75) is 25.7 Å². The maximum Gasteiger partial charge on any atom is 0.345 e. The quantitative estimate of drug-likeness (QED) is 0.0823. The zero-order valence-corrected chi connectivity index (χ0v) is 60.0. The molecule has 25 heteroatoms. The standard InChI is InChI=1S/4C21H13FN2O2S.H2O/c4*22-15-7-5-13(6-8-15)9-16-11-24-12-18(23-21(24)27-16)17-10-14-3-1-2-4-19(14)26-20(17)25;/h4*1-8,10-12H,9H2;1H2. The van der Waals surface area contributed by atoms with Gasteiger partial charge in [-0.2, -0.15) is 0 Å². The van der Waals surface area contributed by atoms with E-state index >= 15 is 0 Å². The minimum absolute atomic E-state index is 0. The zero-order valence-electron chi connectivity index (χ0n) is 56.7. The lowest BCUT2D eigenvalue weighted by Gasteiger charge is -1.99. The van der Waals surface area contributed by atoms with Gasteiger partial charge < -0.3 is 23.1 Å². The van der Waals surface area contributed by atoms with Crippen LogP contribution in [0.2, 0.25) is 0 Å². The molecule has 0 saturated carbocycles. The molecule has 0 spiro atoms. The number of hydrogen-bond acceptors (Lipinski definition) is 16. The predicted octanol–water partition coefficient (Wildman–Crippen LogP) is 18.8. The number of thiazole rings is 4. The van der Waals surface area contributed by atoms with Crippen LogP contribution in [0, 0.1) is 23.3 Å². The van der Waals surface area contributed by atoms with Crippen molar-refractivity contribution in [3.8, 4) is 45.0 Å². The summed E-state index contributed by atoms with van der Waals surface area (Å²) in [5.74, 6) is -0.950. The van der Waals surface area contributed by atoms with E-state index in [-0.39, 0.29) is 28.7 Å². The largest absolute Gasteiger partial charge is 0.422 e. The van der Waals surface area contributed by atoms with Crippen molar-refractivity contribution in [2.24, 2.45) is 0 Å². The van der Waals surface area contributed by atoms with Gasteiger partial charge in [-0.1, -0.05) is 121 Å². The molecule has 109 heavy (non-hydrogen) atoms. The van der Waals surface area contributed by atoms with Gasteiger partial charge in [-0.25, -0.2) is 56.7 Å². The highest BCUT2D eigenvalue weighted by Crippen LogP contribution is 2.32. The van der Waals surface area contributed by atoms with E-state index in [9.17, 15) is 36.7 Å². The molecule has 0 radical (unpaired) electrons. The Morgan fingerprint density at radius 1 is 0.275 bits per heavy atom. The SMILES string of the molecule is O.O=c1oc2ccccc2cc1-c1cn2cc(Cc3ccc(F)cc3)sc2n1.O=c1oc2ccccc2cc1-c1cn2cc(Cc3ccc(F)cc3)sc2n1.O=c1oc2ccccc2cc1-c1cn2cc(Cc3ccc(F)cc3)sc2n1.O=c1oc2ccccc2cc1-c1cn2cc(Cc3ccc(F)cc3)sc2n1. The van der Waals surface area contributed by atoms with Crippen LogP contribution >= 0.6 is 45.3 Å². The number of imidazole rings is 4. The van der Waals surface area contributed by atoms with Gasteiger partial charge in [-0.05, 0) is 119 Å². The van der Waals surface area contributed by atoms with Crippen molar-refractivity contribution < 1.29 is 40.7 Å². The first-order chi connectivity index (χ1) is 52.6. The molecule has 8 aromatic carbocycles. The summed E-state index contributed by atoms with van der Waals surface area (Å²) in [5, 5.41) is 3.45. The lowest BCUT2D eigenvalue weighted by atomic mass is 10.1. The second kappa shape index (κ2) is 30.1. The van der Waals surface area contributed by atoms with Crippen molar-refractivity contribution in [1.29, 1.82) is 0 Å². The molecule has 0 unspecified atom stereocenters. The van der Waals surface area contributed by atoms with E-state index in [1.807, 2.05) is 164 Å². The van der Waals surface area contributed by atoms with Crippen molar-refractivity contribution in [1.82, 2.24) is 37.5 Å². The van der Waals surface area contributed by atoms with E-state index in [0.29, 0.717) is 93.0 Å². The second-order valence-electron chi connectivity index (χ2n) is 25.2. The summed E-state index contributed by atoms with van der Waals surface area (Å²) in [4.78, 5) is 75.3. The number of hydrogen-bond donors (Lipinski definition) is 0. The third-order valence-corrected chi connectivity index (χ3v) is 21.6. The summed E-state index contributed by atoms with van der Waals surface area (Å²) >= 11 is 6.19. The Balaban J connectivity index is 0.000000110. The van der Waals surface area contributed by atoms with E-state index in [2.05, 4.69) is 19.9 Å². The van der Waals surface area contributed by atoms with Crippen molar-refractivity contribution in [3.63, 3.8) is 0 Å². The molecule has 12 aromatic heterocycles. The van der Waals surface area contributed by atoms with Gasteiger partial charge in [0, 0.05) is 116 Å². The van der Waals surface area contributed by atoms with Crippen molar-refractivity contribution in [3.05, 3.63) is 375 Å². The van der Waals surface area contributed by atoms with Gasteiger partial charge in [-0.15, -0.1) is 45.3 Å². The number of aromatic nitrogens is 8. The number of halogens is 4. The molecule has 0 saturated heterocycles. The Morgan fingerprint density at radius 2 is 0.477 bits per heavy atom. The number of fused-ring (bicyclic) bond motifs is 8. The lowest BCUT2D eigenvalue weighted by molar-refractivity contribution is 0.563. The lowest BCUT2D eigenvalue weighted by Crippen LogP contribution is -2.02. The molecule has 0 fully saturated rings. The predicted molar refractivity (Wildman–Crippen MR) is 419 cm³/mol. The normalized spacial score (nSPS) is 11.3. The molecule has 12 heterocycles. The van der Waals surface area contributed by atoms with Crippen LogP contribution in [0.5, 0.6) is 0 Å². The molecule has 0 bridgehead atoms. The van der Waals surface area contributed by atoms with Gasteiger partial charge in [0.1, 0.15) is 45.6 Å². The van der Waals surface area contributed by atoms with Gasteiger partial charge >= 0.3 is 22.5 Å². The minimum Gasteiger partial charge on any atom is -0.422 e. The first-order valence-electron chi connectivity index (χ1n) is 33.6. The Hall–Kier alpha value is -13.0. The van der Waals surface area contributed by atoms with Gasteiger partial charge in [0.05, 0.1) is 45.0 Å². The van der Waals surface area contributed by atoms with Gasteiger partial charge in [0.15, 0.2) is 19.8 Å². The molecule has 536 valence electrons. The molecular formula is C84H54F4N8O9S4. The van der Waals surface area contributed by atoms with Crippen LogP contribution in [0.3, 0.4) is 0 Å². The highest BCUT2D eigenvalue weighted by molar-refractivity contribution is 7.18. The molecule has 0 aliphatic carbocycles. The third-order valence-electron chi connectivity index (χ3n) is 17.7. The first kappa shape index (κ1) is 70.3. The van der Waals surface area contributed by atoms with E-state index in [1.165, 1.54) is 48.5 Å². The van der Waals surface area contributed by atoms with E-state index in [4.69, 9.17) is 17.7 Å². The maximum atomic E-state index is 13.0. The fourth-order valence-corrected chi connectivity index (χ4v) is 16.4. The van der Waals surface area contributed by atoms with Crippen LogP contribution in [0.15, 0.2) is 305 Å². The number of para-hydroxylation sites is 4. The molecule has 17 nitrogen and oxygen atoms in total. The molecule has 20 aromatic rings. The first-order valence-corrected chi connectivity index (χ1v) is 36.9. The van der Waals surface area contributed by atoms with Crippen LogP contribution in [-0.4, -0.2) is 43.0 Å². The topological polar surface area (TPSA) is 222 Å². The van der Waals surface area contributed by atoms with Gasteiger partial charge in [-0.3, -0.25) is 17.6 Å². The fourth-order valence-electron chi connectivity index (χ4n) is 12.4. The fraction of sp³-hybridized carbons (Fsp3) is 0.0476. The highest BCUT2D eigenvalue weighted by atomic mass is 32.1.